The van der Waals surface area contributed by atoms with Crippen molar-refractivity contribution in [2.45, 2.75) is 19.1 Å². The minimum atomic E-state index is -4.16. The number of urea groups is 1. The number of rotatable bonds is 4. The molecule has 1 aromatic rings. The van der Waals surface area contributed by atoms with Crippen molar-refractivity contribution in [3.05, 3.63) is 24.3 Å². The Bertz CT molecular complexity index is 815. The van der Waals surface area contributed by atoms with Crippen LogP contribution in [0.15, 0.2) is 29.3 Å². The van der Waals surface area contributed by atoms with Gasteiger partial charge in [-0.25, -0.2) is 18.2 Å². The average molecular weight is 338 g/mol. The van der Waals surface area contributed by atoms with Gasteiger partial charge in [-0.2, -0.15) is 0 Å². The molecule has 122 valence electrons. The molecule has 0 saturated carbocycles. The Morgan fingerprint density at radius 1 is 1.26 bits per heavy atom. The number of nitrogens with one attached hydrogen (secondary N) is 3. The number of amides is 4. The van der Waals surface area contributed by atoms with E-state index >= 15 is 0 Å². The first-order valence-electron chi connectivity index (χ1n) is 6.48. The predicted molar refractivity (Wildman–Crippen MR) is 83.7 cm³/mol. The molecule has 0 spiro atoms. The fourth-order valence-corrected chi connectivity index (χ4v) is 3.48. The molecule has 1 heterocycles. The van der Waals surface area contributed by atoms with Crippen LogP contribution >= 0.6 is 0 Å². The summed E-state index contributed by atoms with van der Waals surface area (Å²) in [4.78, 5) is 37.3. The van der Waals surface area contributed by atoms with Crippen LogP contribution in [0.2, 0.25) is 0 Å². The Morgan fingerprint density at radius 3 is 2.52 bits per heavy atom. The second-order valence-corrected chi connectivity index (χ2v) is 6.60. The molecule has 3 N–H and O–H groups in total. The van der Waals surface area contributed by atoms with E-state index in [1.54, 1.807) is 6.07 Å². The monoisotopic (exact) mass is 338 g/mol. The number of aliphatic imine (C=N–C) groups is 1. The van der Waals surface area contributed by atoms with Crippen LogP contribution in [0.4, 0.5) is 16.2 Å². The van der Waals surface area contributed by atoms with Gasteiger partial charge < -0.3 is 5.32 Å². The summed E-state index contributed by atoms with van der Waals surface area (Å²) >= 11 is 0. The third-order valence-electron chi connectivity index (χ3n) is 2.88. The molecule has 2 rings (SSSR count). The molecule has 9 nitrogen and oxygen atoms in total. The van der Waals surface area contributed by atoms with Crippen molar-refractivity contribution in [3.63, 3.8) is 0 Å². The first kappa shape index (κ1) is 16.6. The number of imide groups is 1. The molecule has 1 aromatic carbocycles. The van der Waals surface area contributed by atoms with E-state index in [4.69, 9.17) is 0 Å². The van der Waals surface area contributed by atoms with Crippen molar-refractivity contribution >= 4 is 45.0 Å². The summed E-state index contributed by atoms with van der Waals surface area (Å²) in [6.45, 7) is 2.61. The van der Waals surface area contributed by atoms with Crippen LogP contribution in [0.1, 0.15) is 13.8 Å². The lowest BCUT2D eigenvalue weighted by atomic mass is 10.2. The zero-order valence-corrected chi connectivity index (χ0v) is 13.1. The van der Waals surface area contributed by atoms with E-state index in [0.717, 1.165) is 0 Å². The summed E-state index contributed by atoms with van der Waals surface area (Å²) in [6.07, 6.45) is 0. The lowest BCUT2D eigenvalue weighted by Crippen LogP contribution is -2.51. The molecule has 0 aromatic heterocycles. The fraction of sp³-hybridized carbons (Fsp3) is 0.231. The molecule has 1 aliphatic rings. The average Bonchev–Trinajstić information content (AvgIpc) is 2.35. The van der Waals surface area contributed by atoms with Crippen molar-refractivity contribution in [1.29, 1.82) is 0 Å². The number of sulfonamides is 1. The van der Waals surface area contributed by atoms with E-state index in [-0.39, 0.29) is 17.3 Å². The molecule has 1 aliphatic heterocycles. The van der Waals surface area contributed by atoms with Gasteiger partial charge in [-0.05, 0) is 25.1 Å². The molecule has 1 atom stereocenters. The van der Waals surface area contributed by atoms with Gasteiger partial charge >= 0.3 is 6.03 Å². The first-order valence-corrected chi connectivity index (χ1v) is 8.03. The van der Waals surface area contributed by atoms with Crippen LogP contribution < -0.4 is 15.4 Å². The van der Waals surface area contributed by atoms with Gasteiger partial charge in [0.15, 0.2) is 5.25 Å². The van der Waals surface area contributed by atoms with Crippen molar-refractivity contribution < 1.29 is 22.8 Å². The van der Waals surface area contributed by atoms with Crippen LogP contribution in [0, 0.1) is 0 Å². The molecular formula is C13H14N4O5S. The Labute approximate surface area is 132 Å². The molecular weight excluding hydrogens is 324 g/mol. The maximum atomic E-state index is 12.4. The third kappa shape index (κ3) is 3.92. The zero-order valence-electron chi connectivity index (χ0n) is 12.3. The Morgan fingerprint density at radius 2 is 1.91 bits per heavy atom. The number of anilines is 2. The van der Waals surface area contributed by atoms with Crippen molar-refractivity contribution in [3.8, 4) is 0 Å². The lowest BCUT2D eigenvalue weighted by molar-refractivity contribution is -0.118. The minimum Gasteiger partial charge on any atom is -0.326 e. The lowest BCUT2D eigenvalue weighted by Gasteiger charge is -2.20. The normalized spacial score (nSPS) is 18.0. The SMILES string of the molecule is CC(=O)Nc1cccc(NS(=O)(=O)C2C(=O)NC(=O)N=C2C)c1. The first-order chi connectivity index (χ1) is 10.7. The molecule has 0 bridgehead atoms. The topological polar surface area (TPSA) is 134 Å². The molecule has 0 fully saturated rings. The van der Waals surface area contributed by atoms with Crippen LogP contribution in [0.25, 0.3) is 0 Å². The summed E-state index contributed by atoms with van der Waals surface area (Å²) in [6, 6.07) is 5.08. The minimum absolute atomic E-state index is 0.121. The molecule has 0 aliphatic carbocycles. The summed E-state index contributed by atoms with van der Waals surface area (Å²) in [5.74, 6) is -1.27. The summed E-state index contributed by atoms with van der Waals surface area (Å²) < 4.78 is 27.0. The Balaban J connectivity index is 2.28. The number of carbonyl (C=O) groups excluding carboxylic acids is 3. The quantitative estimate of drug-likeness (QED) is 0.733. The van der Waals surface area contributed by atoms with Gasteiger partial charge in [-0.1, -0.05) is 6.07 Å². The Kier molecular flexibility index (Phi) is 4.45. The molecule has 23 heavy (non-hydrogen) atoms. The smallest absolute Gasteiger partial charge is 0.326 e. The van der Waals surface area contributed by atoms with Gasteiger partial charge in [0.05, 0.1) is 11.4 Å². The largest absolute Gasteiger partial charge is 0.347 e. The van der Waals surface area contributed by atoms with Crippen LogP contribution in [0.3, 0.4) is 0 Å². The number of hydrogen-bond acceptors (Lipinski definition) is 5. The van der Waals surface area contributed by atoms with Gasteiger partial charge in [0.2, 0.25) is 15.9 Å². The second kappa shape index (κ2) is 6.16. The van der Waals surface area contributed by atoms with E-state index in [1.165, 1.54) is 32.0 Å². The summed E-state index contributed by atoms with van der Waals surface area (Å²) in [7, 11) is -4.16. The molecule has 10 heteroatoms. The maximum absolute atomic E-state index is 12.4. The number of hydrogen-bond donors (Lipinski definition) is 3. The van der Waals surface area contributed by atoms with E-state index in [1.807, 2.05) is 5.32 Å². The highest BCUT2D eigenvalue weighted by molar-refractivity contribution is 7.94. The number of nitrogens with zero attached hydrogens (tertiary/aromatic N) is 1. The highest BCUT2D eigenvalue weighted by atomic mass is 32.2. The third-order valence-corrected chi connectivity index (χ3v) is 4.57. The van der Waals surface area contributed by atoms with E-state index < -0.39 is 27.2 Å². The predicted octanol–water partition coefficient (Wildman–Crippen LogP) is 0.466. The van der Waals surface area contributed by atoms with E-state index in [0.29, 0.717) is 5.69 Å². The van der Waals surface area contributed by atoms with Crippen LogP contribution in [0.5, 0.6) is 0 Å². The Hall–Kier alpha value is -2.75. The molecule has 0 saturated heterocycles. The van der Waals surface area contributed by atoms with E-state index in [2.05, 4.69) is 15.0 Å². The zero-order chi connectivity index (χ0) is 17.2. The standard InChI is InChI=1S/C13H14N4O5S/c1-7-11(12(19)16-13(20)14-7)23(21,22)17-10-5-3-4-9(6-10)15-8(2)18/h3-6,11,17H,1-2H3,(H,15,18)(H,16,19,20). The van der Waals surface area contributed by atoms with Gasteiger partial charge in [-0.3, -0.25) is 19.6 Å². The van der Waals surface area contributed by atoms with Gasteiger partial charge in [0.25, 0.3) is 5.91 Å². The van der Waals surface area contributed by atoms with Crippen molar-refractivity contribution in [2.24, 2.45) is 4.99 Å². The number of carbonyl (C=O) groups is 3. The highest BCUT2D eigenvalue weighted by Gasteiger charge is 2.39. The van der Waals surface area contributed by atoms with Crippen LogP contribution in [-0.2, 0) is 19.6 Å². The molecule has 0 radical (unpaired) electrons. The highest BCUT2D eigenvalue weighted by Crippen LogP contribution is 2.19. The van der Waals surface area contributed by atoms with Gasteiger partial charge in [0.1, 0.15) is 0 Å². The summed E-state index contributed by atoms with van der Waals surface area (Å²) in [5, 5.41) is 2.75. The summed E-state index contributed by atoms with van der Waals surface area (Å²) in [5.41, 5.74) is 0.435. The number of benzene rings is 1. The van der Waals surface area contributed by atoms with Crippen LogP contribution in [-0.4, -0.2) is 37.2 Å². The van der Waals surface area contributed by atoms with Gasteiger partial charge in [-0.15, -0.1) is 0 Å². The second-order valence-electron chi connectivity index (χ2n) is 4.84. The fourth-order valence-electron chi connectivity index (χ4n) is 2.06. The molecule has 1 unspecified atom stereocenters. The molecule has 4 amide bonds. The van der Waals surface area contributed by atoms with Crippen molar-refractivity contribution in [1.82, 2.24) is 5.32 Å². The van der Waals surface area contributed by atoms with Gasteiger partial charge in [0, 0.05) is 12.6 Å². The van der Waals surface area contributed by atoms with E-state index in [9.17, 15) is 22.8 Å². The maximum Gasteiger partial charge on any atom is 0.347 e. The van der Waals surface area contributed by atoms with Crippen molar-refractivity contribution in [2.75, 3.05) is 10.0 Å².